The van der Waals surface area contributed by atoms with E-state index in [0.717, 1.165) is 6.42 Å². The van der Waals surface area contributed by atoms with E-state index in [1.165, 1.54) is 0 Å². The first kappa shape index (κ1) is 16.5. The lowest BCUT2D eigenvalue weighted by Crippen LogP contribution is -2.44. The van der Waals surface area contributed by atoms with Gasteiger partial charge in [0.15, 0.2) is 9.84 Å². The summed E-state index contributed by atoms with van der Waals surface area (Å²) < 4.78 is 36.2. The quantitative estimate of drug-likeness (QED) is 0.839. The maximum Gasteiger partial charge on any atom is 0.178 e. The Bertz CT molecular complexity index is 541. The van der Waals surface area contributed by atoms with Crippen LogP contribution < -0.4 is 0 Å². The van der Waals surface area contributed by atoms with E-state index in [4.69, 9.17) is 9.47 Å². The van der Waals surface area contributed by atoms with Crippen molar-refractivity contribution in [3.8, 4) is 0 Å². The van der Waals surface area contributed by atoms with Crippen LogP contribution in [-0.4, -0.2) is 33.2 Å². The molecule has 0 amide bonds. The fourth-order valence-electron chi connectivity index (χ4n) is 3.06. The Morgan fingerprint density at radius 3 is 2.52 bits per heavy atom. The summed E-state index contributed by atoms with van der Waals surface area (Å²) in [6, 6.07) is 8.60. The monoisotopic (exact) mass is 312 g/mol. The third-order valence-corrected chi connectivity index (χ3v) is 6.15. The van der Waals surface area contributed by atoms with Crippen LogP contribution >= 0.6 is 0 Å². The van der Waals surface area contributed by atoms with Gasteiger partial charge < -0.3 is 9.47 Å². The molecule has 0 spiro atoms. The van der Waals surface area contributed by atoms with Gasteiger partial charge in [0.05, 0.1) is 22.9 Å². The lowest BCUT2D eigenvalue weighted by atomic mass is 9.88. The van der Waals surface area contributed by atoms with Crippen molar-refractivity contribution in [3.63, 3.8) is 0 Å². The topological polar surface area (TPSA) is 52.6 Å². The normalized spacial score (nSPS) is 28.2. The molecule has 0 aromatic heterocycles. The third kappa shape index (κ3) is 3.84. The Labute approximate surface area is 127 Å². The highest BCUT2D eigenvalue weighted by molar-refractivity contribution is 7.91. The van der Waals surface area contributed by atoms with Crippen molar-refractivity contribution >= 4 is 9.84 Å². The summed E-state index contributed by atoms with van der Waals surface area (Å²) in [5.41, 5.74) is 0. The highest BCUT2D eigenvalue weighted by Gasteiger charge is 2.36. The molecule has 118 valence electrons. The maximum atomic E-state index is 12.5. The minimum Gasteiger partial charge on any atom is -0.352 e. The summed E-state index contributed by atoms with van der Waals surface area (Å²) in [5.74, 6) is 0.232. The molecular formula is C16H24O4S. The number of ether oxygens (including phenoxy) is 2. The van der Waals surface area contributed by atoms with Gasteiger partial charge in [-0.1, -0.05) is 39.0 Å². The van der Waals surface area contributed by atoms with Crippen molar-refractivity contribution in [2.75, 3.05) is 12.5 Å². The second-order valence-electron chi connectivity index (χ2n) is 5.79. The average Bonchev–Trinajstić information content (AvgIpc) is 2.48. The van der Waals surface area contributed by atoms with E-state index < -0.39 is 9.84 Å². The molecule has 1 aromatic carbocycles. The SMILES string of the molecule is CC[C@H]1OCO[C@H]([C@@H](C)CS(=O)(=O)c2ccccc2)[C@H]1C. The number of sulfone groups is 1. The standard InChI is InChI=1S/C16H24O4S/c1-4-15-13(3)16(20-11-19-15)12(2)10-21(17,18)14-8-6-5-7-9-14/h5-9,12-13,15-16H,4,10-11H2,1-3H3/t12-,13-,15+,16+/m0/s1. The van der Waals surface area contributed by atoms with Gasteiger partial charge in [0.1, 0.15) is 6.79 Å². The molecule has 0 saturated carbocycles. The number of rotatable bonds is 5. The van der Waals surface area contributed by atoms with Gasteiger partial charge in [0.2, 0.25) is 0 Å². The van der Waals surface area contributed by atoms with Gasteiger partial charge in [0.25, 0.3) is 0 Å². The summed E-state index contributed by atoms with van der Waals surface area (Å²) >= 11 is 0. The van der Waals surface area contributed by atoms with Crippen LogP contribution in [-0.2, 0) is 19.3 Å². The minimum atomic E-state index is -3.28. The molecule has 0 bridgehead atoms. The molecule has 1 aliphatic heterocycles. The van der Waals surface area contributed by atoms with Crippen molar-refractivity contribution < 1.29 is 17.9 Å². The largest absolute Gasteiger partial charge is 0.352 e. The van der Waals surface area contributed by atoms with Gasteiger partial charge >= 0.3 is 0 Å². The average molecular weight is 312 g/mol. The molecule has 5 heteroatoms. The smallest absolute Gasteiger partial charge is 0.178 e. The van der Waals surface area contributed by atoms with E-state index in [-0.39, 0.29) is 36.6 Å². The van der Waals surface area contributed by atoms with E-state index in [1.54, 1.807) is 24.3 Å². The molecule has 1 saturated heterocycles. The zero-order valence-electron chi connectivity index (χ0n) is 12.9. The van der Waals surface area contributed by atoms with Crippen molar-refractivity contribution in [3.05, 3.63) is 30.3 Å². The number of hydrogen-bond donors (Lipinski definition) is 0. The van der Waals surface area contributed by atoms with Crippen LogP contribution in [0.2, 0.25) is 0 Å². The molecule has 0 unspecified atom stereocenters. The van der Waals surface area contributed by atoms with Gasteiger partial charge in [-0.2, -0.15) is 0 Å². The molecule has 1 fully saturated rings. The molecule has 0 N–H and O–H groups in total. The second-order valence-corrected chi connectivity index (χ2v) is 7.83. The lowest BCUT2D eigenvalue weighted by molar-refractivity contribution is -0.214. The number of benzene rings is 1. The van der Waals surface area contributed by atoms with E-state index >= 15 is 0 Å². The molecule has 1 heterocycles. The maximum absolute atomic E-state index is 12.5. The Morgan fingerprint density at radius 2 is 1.90 bits per heavy atom. The summed E-state index contributed by atoms with van der Waals surface area (Å²) in [4.78, 5) is 0.378. The van der Waals surface area contributed by atoms with Crippen LogP contribution in [0.25, 0.3) is 0 Å². The Hall–Kier alpha value is -0.910. The van der Waals surface area contributed by atoms with Crippen LogP contribution in [0.15, 0.2) is 35.2 Å². The molecule has 1 aliphatic rings. The van der Waals surface area contributed by atoms with E-state index in [1.807, 2.05) is 13.0 Å². The van der Waals surface area contributed by atoms with Crippen LogP contribution in [0.5, 0.6) is 0 Å². The summed E-state index contributed by atoms with van der Waals surface area (Å²) in [7, 11) is -3.28. The molecule has 4 atom stereocenters. The van der Waals surface area contributed by atoms with Gasteiger partial charge in [0, 0.05) is 5.92 Å². The Morgan fingerprint density at radius 1 is 1.24 bits per heavy atom. The minimum absolute atomic E-state index is 0.0665. The first-order valence-electron chi connectivity index (χ1n) is 7.46. The highest BCUT2D eigenvalue weighted by atomic mass is 32.2. The highest BCUT2D eigenvalue weighted by Crippen LogP contribution is 2.29. The molecule has 2 rings (SSSR count). The second kappa shape index (κ2) is 6.90. The molecule has 4 nitrogen and oxygen atoms in total. The predicted octanol–water partition coefficient (Wildman–Crippen LogP) is 2.88. The summed E-state index contributed by atoms with van der Waals surface area (Å²) in [6.07, 6.45) is 0.979. The van der Waals surface area contributed by atoms with Gasteiger partial charge in [-0.25, -0.2) is 8.42 Å². The summed E-state index contributed by atoms with van der Waals surface area (Å²) in [5, 5.41) is 0. The van der Waals surface area contributed by atoms with Crippen LogP contribution in [0.1, 0.15) is 27.2 Å². The molecule has 1 aromatic rings. The molecule has 0 radical (unpaired) electrons. The number of hydrogen-bond acceptors (Lipinski definition) is 4. The van der Waals surface area contributed by atoms with Crippen LogP contribution in [0, 0.1) is 11.8 Å². The zero-order valence-corrected chi connectivity index (χ0v) is 13.7. The first-order chi connectivity index (χ1) is 9.95. The van der Waals surface area contributed by atoms with Gasteiger partial charge in [-0.05, 0) is 24.5 Å². The van der Waals surface area contributed by atoms with E-state index in [2.05, 4.69) is 13.8 Å². The van der Waals surface area contributed by atoms with E-state index in [9.17, 15) is 8.42 Å². The van der Waals surface area contributed by atoms with Crippen molar-refractivity contribution in [2.45, 2.75) is 44.3 Å². The van der Waals surface area contributed by atoms with Crippen molar-refractivity contribution in [2.24, 2.45) is 11.8 Å². The fourth-order valence-corrected chi connectivity index (χ4v) is 4.70. The summed E-state index contributed by atoms with van der Waals surface area (Å²) in [6.45, 7) is 6.35. The van der Waals surface area contributed by atoms with Gasteiger partial charge in [-0.3, -0.25) is 0 Å². The Kier molecular flexibility index (Phi) is 5.41. The van der Waals surface area contributed by atoms with Gasteiger partial charge in [-0.15, -0.1) is 0 Å². The fraction of sp³-hybridized carbons (Fsp3) is 0.625. The lowest BCUT2D eigenvalue weighted by Gasteiger charge is -2.38. The zero-order chi connectivity index (χ0) is 15.5. The van der Waals surface area contributed by atoms with Crippen molar-refractivity contribution in [1.29, 1.82) is 0 Å². The molecule has 21 heavy (non-hydrogen) atoms. The predicted molar refractivity (Wildman–Crippen MR) is 81.7 cm³/mol. The third-order valence-electron chi connectivity index (χ3n) is 4.20. The van der Waals surface area contributed by atoms with Crippen molar-refractivity contribution in [1.82, 2.24) is 0 Å². The molecule has 0 aliphatic carbocycles. The van der Waals surface area contributed by atoms with E-state index in [0.29, 0.717) is 4.90 Å². The molecular weight excluding hydrogens is 288 g/mol. The Balaban J connectivity index is 2.09. The van der Waals surface area contributed by atoms with Crippen LogP contribution in [0.4, 0.5) is 0 Å². The first-order valence-corrected chi connectivity index (χ1v) is 9.12. The van der Waals surface area contributed by atoms with Crippen LogP contribution in [0.3, 0.4) is 0 Å².